The normalized spacial score (nSPS) is 10.2. The Morgan fingerprint density at radius 3 is 2.39 bits per heavy atom. The van der Waals surface area contributed by atoms with Gasteiger partial charge in [-0.3, -0.25) is 4.98 Å². The van der Waals surface area contributed by atoms with E-state index in [2.05, 4.69) is 9.97 Å². The predicted octanol–water partition coefficient (Wildman–Crippen LogP) is 2.69. The van der Waals surface area contributed by atoms with Crippen molar-refractivity contribution in [2.24, 2.45) is 0 Å². The third kappa shape index (κ3) is 1.92. The molecule has 0 unspecified atom stereocenters. The Kier molecular flexibility index (Phi) is 3.23. The van der Waals surface area contributed by atoms with Crippen LogP contribution in [0.2, 0.25) is 0 Å². The molecule has 18 heavy (non-hydrogen) atoms. The Morgan fingerprint density at radius 1 is 1.00 bits per heavy atom. The summed E-state index contributed by atoms with van der Waals surface area (Å²) in [5, 5.41) is 12.5. The van der Waals surface area contributed by atoms with Gasteiger partial charge in [-0.25, -0.2) is 0 Å². The van der Waals surface area contributed by atoms with Crippen molar-refractivity contribution in [3.8, 4) is 0 Å². The van der Waals surface area contributed by atoms with Crippen LogP contribution in [-0.2, 0) is 17.1 Å². The van der Waals surface area contributed by atoms with Gasteiger partial charge in [0.1, 0.15) is 5.52 Å². The van der Waals surface area contributed by atoms with Crippen molar-refractivity contribution in [1.82, 2.24) is 9.97 Å². The number of hydrogen-bond donors (Lipinski definition) is 0. The Morgan fingerprint density at radius 2 is 1.67 bits per heavy atom. The van der Waals surface area contributed by atoms with Gasteiger partial charge in [0, 0.05) is 40.1 Å². The molecule has 0 aliphatic heterocycles. The van der Waals surface area contributed by atoms with Crippen LogP contribution in [0.25, 0.3) is 21.8 Å². The average Bonchev–Trinajstić information content (AvgIpc) is 2.38. The number of aromatic nitrogens is 2. The van der Waals surface area contributed by atoms with E-state index in [0.29, 0.717) is 11.0 Å². The van der Waals surface area contributed by atoms with Crippen LogP contribution >= 0.6 is 0 Å². The van der Waals surface area contributed by atoms with Crippen LogP contribution < -0.4 is 0 Å². The summed E-state index contributed by atoms with van der Waals surface area (Å²) in [5.41, 5.74) is 1.26. The minimum Gasteiger partial charge on any atom is -0.358 e. The quantitative estimate of drug-likeness (QED) is 0.299. The first-order chi connectivity index (χ1) is 8.25. The molecule has 2 aromatic heterocycles. The maximum Gasteiger partial charge on any atom is 0.364 e. The van der Waals surface area contributed by atoms with Crippen molar-refractivity contribution in [2.75, 3.05) is 0 Å². The molecule has 0 saturated heterocycles. The molecule has 0 spiro atoms. The molecule has 0 N–H and O–H groups in total. The minimum absolute atomic E-state index is 0. The standard InChI is InChI=1S/C12H7N3O2.Cu/c16-15(17)10-6-5-9-4-3-8-2-1-7-13-11(8)12(9)14-10;/h1-7H;. The molecule has 0 aliphatic rings. The van der Waals surface area contributed by atoms with Crippen molar-refractivity contribution >= 4 is 27.6 Å². The molecule has 0 atom stereocenters. The Bertz CT molecular complexity index is 746. The Hall–Kier alpha value is -2.04. The summed E-state index contributed by atoms with van der Waals surface area (Å²) in [6, 6.07) is 10.6. The fourth-order valence-electron chi connectivity index (χ4n) is 1.82. The summed E-state index contributed by atoms with van der Waals surface area (Å²) >= 11 is 0. The molecule has 0 aliphatic carbocycles. The van der Waals surface area contributed by atoms with Crippen LogP contribution in [0, 0.1) is 10.1 Å². The van der Waals surface area contributed by atoms with Gasteiger partial charge in [-0.1, -0.05) is 12.1 Å². The second-order valence-corrected chi connectivity index (χ2v) is 3.64. The van der Waals surface area contributed by atoms with Gasteiger partial charge >= 0.3 is 5.82 Å². The zero-order chi connectivity index (χ0) is 11.8. The number of nitrogens with zero attached hydrogens (tertiary/aromatic N) is 3. The van der Waals surface area contributed by atoms with E-state index in [9.17, 15) is 10.1 Å². The van der Waals surface area contributed by atoms with Gasteiger partial charge in [0.05, 0.1) is 0 Å². The summed E-state index contributed by atoms with van der Waals surface area (Å²) < 4.78 is 0. The van der Waals surface area contributed by atoms with E-state index in [1.807, 2.05) is 24.3 Å². The van der Waals surface area contributed by atoms with Crippen molar-refractivity contribution in [2.45, 2.75) is 0 Å². The third-order valence-electron chi connectivity index (χ3n) is 2.60. The fraction of sp³-hybridized carbons (Fsp3) is 0. The maximum atomic E-state index is 10.7. The molecular weight excluding hydrogens is 282 g/mol. The van der Waals surface area contributed by atoms with Crippen LogP contribution in [0.3, 0.4) is 0 Å². The van der Waals surface area contributed by atoms with Crippen molar-refractivity contribution < 1.29 is 22.0 Å². The van der Waals surface area contributed by atoms with Gasteiger partial charge in [0.25, 0.3) is 0 Å². The molecule has 0 bridgehead atoms. The van der Waals surface area contributed by atoms with Crippen molar-refractivity contribution in [3.05, 3.63) is 52.7 Å². The second-order valence-electron chi connectivity index (χ2n) is 3.64. The summed E-state index contributed by atoms with van der Waals surface area (Å²) in [4.78, 5) is 18.5. The smallest absolute Gasteiger partial charge is 0.358 e. The molecule has 0 fully saturated rings. The van der Waals surface area contributed by atoms with Crippen molar-refractivity contribution in [3.63, 3.8) is 0 Å². The predicted molar refractivity (Wildman–Crippen MR) is 63.7 cm³/mol. The molecule has 3 aromatic rings. The summed E-state index contributed by atoms with van der Waals surface area (Å²) in [6.07, 6.45) is 1.66. The topological polar surface area (TPSA) is 68.9 Å². The van der Waals surface area contributed by atoms with Gasteiger partial charge in [-0.15, -0.1) is 0 Å². The molecule has 2 heterocycles. The monoisotopic (exact) mass is 288 g/mol. The van der Waals surface area contributed by atoms with Gasteiger partial charge < -0.3 is 10.1 Å². The number of benzene rings is 1. The average molecular weight is 289 g/mol. The number of pyridine rings is 2. The van der Waals surface area contributed by atoms with Crippen LogP contribution in [-0.4, -0.2) is 14.9 Å². The Labute approximate surface area is 112 Å². The molecule has 5 nitrogen and oxygen atoms in total. The summed E-state index contributed by atoms with van der Waals surface area (Å²) in [7, 11) is 0. The first kappa shape index (κ1) is 12.4. The van der Waals surface area contributed by atoms with Crippen LogP contribution in [0.15, 0.2) is 42.6 Å². The zero-order valence-corrected chi connectivity index (χ0v) is 9.94. The van der Waals surface area contributed by atoms with Gasteiger partial charge in [-0.2, -0.15) is 0 Å². The minimum atomic E-state index is -0.499. The first-order valence-electron chi connectivity index (χ1n) is 5.04. The van der Waals surface area contributed by atoms with Crippen molar-refractivity contribution in [1.29, 1.82) is 0 Å². The first-order valence-corrected chi connectivity index (χ1v) is 5.04. The van der Waals surface area contributed by atoms with E-state index in [1.165, 1.54) is 6.07 Å². The van der Waals surface area contributed by atoms with E-state index in [-0.39, 0.29) is 22.9 Å². The van der Waals surface area contributed by atoms with Crippen LogP contribution in [0.1, 0.15) is 0 Å². The molecule has 93 valence electrons. The van der Waals surface area contributed by atoms with E-state index in [4.69, 9.17) is 0 Å². The molecule has 6 heteroatoms. The third-order valence-corrected chi connectivity index (χ3v) is 2.60. The van der Waals surface area contributed by atoms with E-state index in [1.54, 1.807) is 12.3 Å². The van der Waals surface area contributed by atoms with E-state index >= 15 is 0 Å². The molecule has 1 aromatic carbocycles. The molecule has 1 radical (unpaired) electrons. The van der Waals surface area contributed by atoms with Crippen LogP contribution in [0.5, 0.6) is 0 Å². The number of fused-ring (bicyclic) bond motifs is 3. The fourth-order valence-corrected chi connectivity index (χ4v) is 1.82. The zero-order valence-electron chi connectivity index (χ0n) is 9.00. The van der Waals surface area contributed by atoms with E-state index < -0.39 is 4.92 Å². The number of hydrogen-bond acceptors (Lipinski definition) is 4. The number of nitro groups is 1. The summed E-state index contributed by atoms with van der Waals surface area (Å²) in [6.45, 7) is 0. The molecule has 0 amide bonds. The molecule has 3 rings (SSSR count). The van der Waals surface area contributed by atoms with E-state index in [0.717, 1.165) is 10.8 Å². The number of rotatable bonds is 1. The molecule has 0 saturated carbocycles. The second kappa shape index (κ2) is 4.68. The Balaban J connectivity index is 0.00000120. The van der Waals surface area contributed by atoms with Crippen LogP contribution in [0.4, 0.5) is 5.82 Å². The largest absolute Gasteiger partial charge is 0.364 e. The molecular formula is C12H7CuN3O2. The van der Waals surface area contributed by atoms with Gasteiger partial charge in [0.15, 0.2) is 0 Å². The maximum absolute atomic E-state index is 10.7. The summed E-state index contributed by atoms with van der Waals surface area (Å²) in [5.74, 6) is -0.157. The van der Waals surface area contributed by atoms with Gasteiger partial charge in [0.2, 0.25) is 5.52 Å². The van der Waals surface area contributed by atoms with Gasteiger partial charge in [-0.05, 0) is 28.1 Å². The SMILES string of the molecule is O=[N+]([O-])c1ccc2ccc3cccnc3c2n1.[Cu].